The van der Waals surface area contributed by atoms with Gasteiger partial charge in [0, 0.05) is 33.6 Å². The van der Waals surface area contributed by atoms with Crippen molar-refractivity contribution in [2.45, 2.75) is 23.8 Å². The van der Waals surface area contributed by atoms with E-state index in [1.807, 2.05) is 47.4 Å². The van der Waals surface area contributed by atoms with E-state index in [2.05, 4.69) is 0 Å². The van der Waals surface area contributed by atoms with Crippen LogP contribution in [-0.2, 0) is 0 Å². The summed E-state index contributed by atoms with van der Waals surface area (Å²) in [4.78, 5) is 6.04. The van der Waals surface area contributed by atoms with Crippen molar-refractivity contribution in [2.24, 2.45) is 0 Å². The molecular weight excluding hydrogens is 398 g/mol. The normalized spacial score (nSPS) is 13.8. The number of anilines is 1. The number of aromatic hydroxyl groups is 1. The molecule has 0 radical (unpaired) electrons. The first-order chi connectivity index (χ1) is 14.6. The molecule has 0 amide bonds. The van der Waals surface area contributed by atoms with Crippen molar-refractivity contribution in [3.05, 3.63) is 36.5 Å². The predicted octanol–water partition coefficient (Wildman–Crippen LogP) is 5.22. The van der Waals surface area contributed by atoms with Gasteiger partial charge < -0.3 is 24.9 Å². The lowest BCUT2D eigenvalue weighted by molar-refractivity contribution is 0.404. The van der Waals surface area contributed by atoms with E-state index in [1.165, 1.54) is 0 Å². The zero-order valence-corrected chi connectivity index (χ0v) is 17.9. The number of rotatable bonds is 5. The average molecular weight is 422 g/mol. The van der Waals surface area contributed by atoms with Gasteiger partial charge in [-0.25, -0.2) is 4.98 Å². The first-order valence-corrected chi connectivity index (χ1v) is 11.0. The van der Waals surface area contributed by atoms with Gasteiger partial charge in [0.15, 0.2) is 0 Å². The fourth-order valence-corrected chi connectivity index (χ4v) is 4.69. The van der Waals surface area contributed by atoms with E-state index < -0.39 is 0 Å². The third-order valence-corrected chi connectivity index (χ3v) is 6.53. The lowest BCUT2D eigenvalue weighted by Crippen LogP contribution is -1.97. The molecule has 154 valence electrons. The van der Waals surface area contributed by atoms with Crippen LogP contribution < -0.4 is 15.2 Å². The molecule has 6 nitrogen and oxygen atoms in total. The van der Waals surface area contributed by atoms with Gasteiger partial charge in [0.2, 0.25) is 5.88 Å². The molecule has 0 unspecified atom stereocenters. The Bertz CT molecular complexity index is 1290. The monoisotopic (exact) mass is 421 g/mol. The molecule has 3 N–H and O–H groups in total. The number of aromatic nitrogens is 2. The van der Waals surface area contributed by atoms with Crippen LogP contribution in [0.4, 0.5) is 5.69 Å². The Labute approximate surface area is 178 Å². The third-order valence-electron chi connectivity index (χ3n) is 5.75. The summed E-state index contributed by atoms with van der Waals surface area (Å²) in [5.41, 5.74) is 10.4. The molecule has 2 aromatic carbocycles. The Morgan fingerprint density at radius 1 is 1.17 bits per heavy atom. The van der Waals surface area contributed by atoms with E-state index in [-0.39, 0.29) is 5.88 Å². The Morgan fingerprint density at radius 2 is 1.97 bits per heavy atom. The summed E-state index contributed by atoms with van der Waals surface area (Å²) >= 11 is 1.64. The van der Waals surface area contributed by atoms with E-state index in [9.17, 15) is 5.11 Å². The molecule has 0 aliphatic heterocycles. The summed E-state index contributed by atoms with van der Waals surface area (Å²) in [5, 5.41) is 12.2. The molecule has 30 heavy (non-hydrogen) atoms. The van der Waals surface area contributed by atoms with Gasteiger partial charge in [-0.1, -0.05) is 0 Å². The molecule has 0 bridgehead atoms. The van der Waals surface area contributed by atoms with E-state index in [4.69, 9.17) is 20.2 Å². The second kappa shape index (κ2) is 7.02. The summed E-state index contributed by atoms with van der Waals surface area (Å²) < 4.78 is 13.0. The van der Waals surface area contributed by atoms with Gasteiger partial charge in [-0.2, -0.15) is 0 Å². The highest BCUT2D eigenvalue weighted by Gasteiger charge is 2.28. The van der Waals surface area contributed by atoms with Crippen LogP contribution in [-0.4, -0.2) is 35.1 Å². The standard InChI is InChI=1S/C23H23N3O3S/c1-28-13-6-8-17(29-2)15(10-13)19-18(30-3)9-7-14-21(24)20-16(25-22(14)19)11-26(23(20)27)12-4-5-12/h6-12,27H,4-5,24H2,1-3H3. The molecule has 4 aromatic rings. The Balaban J connectivity index is 1.89. The number of thioether (sulfide) groups is 1. The van der Waals surface area contributed by atoms with Crippen molar-refractivity contribution in [1.29, 1.82) is 0 Å². The lowest BCUT2D eigenvalue weighted by Gasteiger charge is -2.16. The number of ether oxygens (including phenoxy) is 2. The maximum Gasteiger partial charge on any atom is 0.203 e. The number of nitrogens with two attached hydrogens (primary N) is 1. The number of nitrogens with zero attached hydrogens (tertiary/aromatic N) is 2. The molecule has 0 atom stereocenters. The summed E-state index contributed by atoms with van der Waals surface area (Å²) in [7, 11) is 3.30. The molecule has 1 aliphatic rings. The van der Waals surface area contributed by atoms with Gasteiger partial charge in [0.1, 0.15) is 11.5 Å². The molecule has 0 spiro atoms. The minimum atomic E-state index is 0.203. The largest absolute Gasteiger partial charge is 0.497 e. The lowest BCUT2D eigenvalue weighted by atomic mass is 9.99. The fourth-order valence-electron chi connectivity index (χ4n) is 4.08. The van der Waals surface area contributed by atoms with Crippen LogP contribution in [0, 0.1) is 0 Å². The van der Waals surface area contributed by atoms with Crippen LogP contribution in [0.15, 0.2) is 41.4 Å². The molecule has 1 aliphatic carbocycles. The summed E-state index contributed by atoms with van der Waals surface area (Å²) in [6.07, 6.45) is 6.08. The van der Waals surface area contributed by atoms with E-state index in [0.717, 1.165) is 51.3 Å². The number of hydrogen-bond acceptors (Lipinski definition) is 6. The summed E-state index contributed by atoms with van der Waals surface area (Å²) in [6.45, 7) is 0. The average Bonchev–Trinajstić information content (AvgIpc) is 3.56. The summed E-state index contributed by atoms with van der Waals surface area (Å²) in [5.74, 6) is 1.67. The van der Waals surface area contributed by atoms with Crippen LogP contribution in [0.2, 0.25) is 0 Å². The summed E-state index contributed by atoms with van der Waals surface area (Å²) in [6, 6.07) is 10.1. The van der Waals surface area contributed by atoms with E-state index in [1.54, 1.807) is 26.0 Å². The van der Waals surface area contributed by atoms with Gasteiger partial charge in [-0.15, -0.1) is 11.8 Å². The molecule has 1 fully saturated rings. The van der Waals surface area contributed by atoms with Gasteiger partial charge in [-0.05, 0) is 49.4 Å². The van der Waals surface area contributed by atoms with Crippen LogP contribution in [0.5, 0.6) is 17.4 Å². The first-order valence-electron chi connectivity index (χ1n) is 9.79. The van der Waals surface area contributed by atoms with Crippen molar-refractivity contribution >= 4 is 39.3 Å². The van der Waals surface area contributed by atoms with Gasteiger partial charge in [0.05, 0.1) is 36.3 Å². The maximum absolute atomic E-state index is 10.8. The highest BCUT2D eigenvalue weighted by molar-refractivity contribution is 7.98. The van der Waals surface area contributed by atoms with Gasteiger partial charge in [0.25, 0.3) is 0 Å². The Morgan fingerprint density at radius 3 is 2.63 bits per heavy atom. The fraction of sp³-hybridized carbons (Fsp3) is 0.261. The number of fused-ring (bicyclic) bond motifs is 2. The molecule has 5 rings (SSSR count). The van der Waals surface area contributed by atoms with E-state index >= 15 is 0 Å². The van der Waals surface area contributed by atoms with Crippen molar-refractivity contribution in [3.8, 4) is 28.5 Å². The van der Waals surface area contributed by atoms with Crippen molar-refractivity contribution in [1.82, 2.24) is 9.55 Å². The Kier molecular flexibility index (Phi) is 4.43. The second-order valence-corrected chi connectivity index (χ2v) is 8.33. The molecular formula is C23H23N3O3S. The SMILES string of the molecule is COc1ccc(OC)c(-c2c(SC)ccc3c(N)c4c(O)n(C5CC5)cc4nc23)c1. The van der Waals surface area contributed by atoms with Crippen LogP contribution in [0.25, 0.3) is 32.9 Å². The topological polar surface area (TPSA) is 82.5 Å². The number of nitrogen functional groups attached to an aromatic ring is 1. The predicted molar refractivity (Wildman–Crippen MR) is 122 cm³/mol. The van der Waals surface area contributed by atoms with Crippen LogP contribution in [0.3, 0.4) is 0 Å². The first kappa shape index (κ1) is 18.9. The number of pyridine rings is 1. The molecule has 2 aromatic heterocycles. The zero-order chi connectivity index (χ0) is 21.0. The van der Waals surface area contributed by atoms with Gasteiger partial charge in [-0.3, -0.25) is 0 Å². The minimum absolute atomic E-state index is 0.203. The van der Waals surface area contributed by atoms with Crippen LogP contribution >= 0.6 is 11.8 Å². The zero-order valence-electron chi connectivity index (χ0n) is 17.1. The van der Waals surface area contributed by atoms with Crippen molar-refractivity contribution < 1.29 is 14.6 Å². The third kappa shape index (κ3) is 2.76. The number of benzene rings is 2. The van der Waals surface area contributed by atoms with Crippen LogP contribution in [0.1, 0.15) is 18.9 Å². The van der Waals surface area contributed by atoms with E-state index in [0.29, 0.717) is 22.6 Å². The number of methoxy groups -OCH3 is 2. The molecule has 7 heteroatoms. The molecule has 0 saturated heterocycles. The maximum atomic E-state index is 10.8. The molecule has 1 saturated carbocycles. The highest BCUT2D eigenvalue weighted by Crippen LogP contribution is 2.47. The Hall–Kier alpha value is -3.06. The van der Waals surface area contributed by atoms with Crippen molar-refractivity contribution in [3.63, 3.8) is 0 Å². The minimum Gasteiger partial charge on any atom is -0.497 e. The highest BCUT2D eigenvalue weighted by atomic mass is 32.2. The van der Waals surface area contributed by atoms with Crippen molar-refractivity contribution in [2.75, 3.05) is 26.2 Å². The number of hydrogen-bond donors (Lipinski definition) is 2. The smallest absolute Gasteiger partial charge is 0.203 e. The quantitative estimate of drug-likeness (QED) is 0.430. The van der Waals surface area contributed by atoms with Gasteiger partial charge >= 0.3 is 0 Å². The second-order valence-electron chi connectivity index (χ2n) is 7.48. The molecule has 2 heterocycles.